The Hall–Kier alpha value is -1.16. The van der Waals surface area contributed by atoms with E-state index in [9.17, 15) is 13.2 Å². The van der Waals surface area contributed by atoms with Crippen molar-refractivity contribution in [1.29, 1.82) is 0 Å². The number of sulfonamides is 1. The number of carbonyl (C=O) groups excluding carboxylic acids is 1. The molecule has 9 heteroatoms. The first-order chi connectivity index (χ1) is 10.7. The summed E-state index contributed by atoms with van der Waals surface area (Å²) >= 11 is 3.57. The van der Waals surface area contributed by atoms with Crippen molar-refractivity contribution in [2.75, 3.05) is 16.3 Å². The van der Waals surface area contributed by atoms with E-state index in [1.165, 1.54) is 0 Å². The number of carbonyl (C=O) groups is 1. The molecule has 3 unspecified atom stereocenters. The first kappa shape index (κ1) is 18.2. The van der Waals surface area contributed by atoms with E-state index < -0.39 is 16.1 Å². The third kappa shape index (κ3) is 4.90. The lowest BCUT2D eigenvalue weighted by atomic mass is 9.99. The molecule has 3 atom stereocenters. The van der Waals surface area contributed by atoms with Crippen LogP contribution in [0.15, 0.2) is 24.3 Å². The van der Waals surface area contributed by atoms with Crippen molar-refractivity contribution in [3.8, 4) is 0 Å². The summed E-state index contributed by atoms with van der Waals surface area (Å²) in [4.78, 5) is 12.3. The largest absolute Gasteiger partial charge is 0.325 e. The Morgan fingerprint density at radius 2 is 1.74 bits per heavy atom. The molecule has 4 N–H and O–H groups in total. The van der Waals surface area contributed by atoms with E-state index in [4.69, 9.17) is 0 Å². The van der Waals surface area contributed by atoms with Gasteiger partial charge < -0.3 is 5.32 Å². The van der Waals surface area contributed by atoms with E-state index in [0.717, 1.165) is 6.26 Å². The van der Waals surface area contributed by atoms with E-state index in [0.29, 0.717) is 17.3 Å². The van der Waals surface area contributed by atoms with Gasteiger partial charge in [0.15, 0.2) is 0 Å². The van der Waals surface area contributed by atoms with Crippen molar-refractivity contribution in [1.82, 2.24) is 10.9 Å². The maximum Gasteiger partial charge on any atom is 0.244 e. The summed E-state index contributed by atoms with van der Waals surface area (Å²) < 4.78 is 24.7. The Morgan fingerprint density at radius 3 is 2.22 bits per heavy atom. The molecule has 1 aliphatic heterocycles. The smallest absolute Gasteiger partial charge is 0.244 e. The number of hydrogen-bond donors (Lipinski definition) is 4. The monoisotopic (exact) mass is 404 g/mol. The van der Waals surface area contributed by atoms with Crippen LogP contribution < -0.4 is 20.9 Å². The highest BCUT2D eigenvalue weighted by Gasteiger charge is 2.39. The summed E-state index contributed by atoms with van der Waals surface area (Å²) in [5.41, 5.74) is 7.17. The normalized spacial score (nSPS) is 24.7. The third-order valence-corrected chi connectivity index (χ3v) is 5.23. The van der Waals surface area contributed by atoms with Crippen LogP contribution in [-0.2, 0) is 14.8 Å². The third-order valence-electron chi connectivity index (χ3n) is 3.52. The van der Waals surface area contributed by atoms with Crippen LogP contribution in [0.2, 0.25) is 0 Å². The average molecular weight is 405 g/mol. The molecule has 1 aliphatic rings. The van der Waals surface area contributed by atoms with Gasteiger partial charge in [0.05, 0.1) is 11.1 Å². The lowest BCUT2D eigenvalue weighted by molar-refractivity contribution is -0.117. The molecule has 2 rings (SSSR count). The molecule has 0 saturated carbocycles. The van der Waals surface area contributed by atoms with Crippen LogP contribution in [0.4, 0.5) is 11.4 Å². The average Bonchev–Trinajstić information content (AvgIpc) is 2.81. The first-order valence-corrected chi connectivity index (χ1v) is 10.0. The van der Waals surface area contributed by atoms with Crippen LogP contribution in [0, 0.1) is 5.92 Å². The predicted octanol–water partition coefficient (Wildman–Crippen LogP) is 1.26. The number of benzene rings is 1. The number of amides is 1. The Balaban J connectivity index is 1.98. The molecule has 0 aromatic heterocycles. The minimum Gasteiger partial charge on any atom is -0.325 e. The number of nitrogens with one attached hydrogen (secondary N) is 4. The van der Waals surface area contributed by atoms with Crippen molar-refractivity contribution < 1.29 is 13.2 Å². The van der Waals surface area contributed by atoms with Gasteiger partial charge in [-0.2, -0.15) is 0 Å². The molecule has 0 spiro atoms. The zero-order valence-electron chi connectivity index (χ0n) is 13.1. The molecule has 128 valence electrons. The van der Waals surface area contributed by atoms with Gasteiger partial charge in [0, 0.05) is 17.4 Å². The van der Waals surface area contributed by atoms with Crippen molar-refractivity contribution in [3.63, 3.8) is 0 Å². The van der Waals surface area contributed by atoms with Gasteiger partial charge in [-0.25, -0.2) is 13.8 Å². The molecule has 1 saturated heterocycles. The van der Waals surface area contributed by atoms with Crippen LogP contribution in [-0.4, -0.2) is 37.5 Å². The Bertz CT molecular complexity index is 663. The van der Waals surface area contributed by atoms with Gasteiger partial charge in [0.25, 0.3) is 0 Å². The van der Waals surface area contributed by atoms with Crippen molar-refractivity contribution in [2.45, 2.75) is 30.8 Å². The second-order valence-electron chi connectivity index (χ2n) is 5.92. The number of anilines is 2. The number of halogens is 1. The zero-order valence-corrected chi connectivity index (χ0v) is 15.5. The Kier molecular flexibility index (Phi) is 5.66. The molecule has 0 aliphatic carbocycles. The summed E-state index contributed by atoms with van der Waals surface area (Å²) in [5, 5.41) is 2.82. The fraction of sp³-hybridized carbons (Fsp3) is 0.500. The molecule has 7 nitrogen and oxygen atoms in total. The topological polar surface area (TPSA) is 99.3 Å². The van der Waals surface area contributed by atoms with Crippen LogP contribution in [0.1, 0.15) is 13.8 Å². The molecule has 23 heavy (non-hydrogen) atoms. The number of hydrazine groups is 1. The molecule has 1 aromatic rings. The van der Waals surface area contributed by atoms with Crippen LogP contribution in [0.5, 0.6) is 0 Å². The lowest BCUT2D eigenvalue weighted by Crippen LogP contribution is -2.42. The maximum absolute atomic E-state index is 12.4. The fourth-order valence-electron chi connectivity index (χ4n) is 2.35. The minimum absolute atomic E-state index is 0.0197. The molecule has 1 fully saturated rings. The summed E-state index contributed by atoms with van der Waals surface area (Å²) in [6.45, 7) is 4.17. The van der Waals surface area contributed by atoms with Gasteiger partial charge in [-0.05, 0) is 30.2 Å². The zero-order chi connectivity index (χ0) is 17.2. The number of rotatable bonds is 5. The Morgan fingerprint density at radius 1 is 1.17 bits per heavy atom. The van der Waals surface area contributed by atoms with Gasteiger partial charge in [-0.1, -0.05) is 29.8 Å². The molecule has 0 bridgehead atoms. The van der Waals surface area contributed by atoms with Gasteiger partial charge in [-0.3, -0.25) is 14.9 Å². The first-order valence-electron chi connectivity index (χ1n) is 7.21. The second kappa shape index (κ2) is 7.16. The molecular formula is C14H21BrN4O3S. The van der Waals surface area contributed by atoms with E-state index in [1.807, 2.05) is 0 Å². The maximum atomic E-state index is 12.4. The van der Waals surface area contributed by atoms with Crippen molar-refractivity contribution >= 4 is 43.2 Å². The van der Waals surface area contributed by atoms with Gasteiger partial charge in [0.1, 0.15) is 6.04 Å². The highest BCUT2D eigenvalue weighted by Crippen LogP contribution is 2.23. The minimum atomic E-state index is -3.31. The van der Waals surface area contributed by atoms with Gasteiger partial charge >= 0.3 is 0 Å². The highest BCUT2D eigenvalue weighted by atomic mass is 79.9. The van der Waals surface area contributed by atoms with E-state index >= 15 is 0 Å². The van der Waals surface area contributed by atoms with Gasteiger partial charge in [-0.15, -0.1) is 0 Å². The molecule has 1 heterocycles. The van der Waals surface area contributed by atoms with Crippen molar-refractivity contribution in [2.24, 2.45) is 5.92 Å². The summed E-state index contributed by atoms with van der Waals surface area (Å²) in [5.74, 6) is 0.220. The summed E-state index contributed by atoms with van der Waals surface area (Å²) in [6, 6.07) is 6.26. The lowest BCUT2D eigenvalue weighted by Gasteiger charge is -2.19. The van der Waals surface area contributed by atoms with Crippen LogP contribution >= 0.6 is 15.9 Å². The van der Waals surface area contributed by atoms with Crippen LogP contribution in [0.25, 0.3) is 0 Å². The molecule has 1 aromatic carbocycles. The SMILES string of the molecule is CC(C)C1NNC(C(=O)Nc2ccc(NS(C)(=O)=O)cc2)C1Br. The van der Waals surface area contributed by atoms with Crippen molar-refractivity contribution in [3.05, 3.63) is 24.3 Å². The number of alkyl halides is 1. The fourth-order valence-corrected chi connectivity index (χ4v) is 4.03. The van der Waals surface area contributed by atoms with Gasteiger partial charge in [0.2, 0.25) is 15.9 Å². The highest BCUT2D eigenvalue weighted by molar-refractivity contribution is 9.09. The summed E-state index contributed by atoms with van der Waals surface area (Å²) in [7, 11) is -3.31. The molecule has 1 amide bonds. The van der Waals surface area contributed by atoms with E-state index in [-0.39, 0.29) is 16.8 Å². The number of hydrogen-bond acceptors (Lipinski definition) is 5. The quantitative estimate of drug-likeness (QED) is 0.553. The second-order valence-corrected chi connectivity index (χ2v) is 8.73. The van der Waals surface area contributed by atoms with E-state index in [2.05, 4.69) is 50.7 Å². The Labute approximate surface area is 144 Å². The van der Waals surface area contributed by atoms with E-state index in [1.54, 1.807) is 24.3 Å². The molecular weight excluding hydrogens is 384 g/mol. The van der Waals surface area contributed by atoms with Crippen LogP contribution in [0.3, 0.4) is 0 Å². The standard InChI is InChI=1S/C14H21BrN4O3S/c1-8(2)12-11(15)13(18-17-12)14(20)16-9-4-6-10(7-5-9)19-23(3,21)22/h4-8,11-13,17-19H,1-3H3,(H,16,20). The predicted molar refractivity (Wildman–Crippen MR) is 94.9 cm³/mol. The summed E-state index contributed by atoms with van der Waals surface area (Å²) in [6.07, 6.45) is 1.09. The molecule has 0 radical (unpaired) electrons.